The highest BCUT2D eigenvalue weighted by atomic mass is 16.3. The summed E-state index contributed by atoms with van der Waals surface area (Å²) in [6.07, 6.45) is 3.63. The largest absolute Gasteiger partial charge is 0.447 e. The normalized spacial score (nSPS) is 16.9. The van der Waals surface area contributed by atoms with Gasteiger partial charge in [-0.25, -0.2) is 4.98 Å². The van der Waals surface area contributed by atoms with Crippen LogP contribution in [0.4, 0.5) is 0 Å². The minimum atomic E-state index is -0.152. The summed E-state index contributed by atoms with van der Waals surface area (Å²) < 4.78 is 5.45. The van der Waals surface area contributed by atoms with Crippen LogP contribution in [0.25, 0.3) is 0 Å². The van der Waals surface area contributed by atoms with Crippen LogP contribution in [0, 0.1) is 5.92 Å². The Labute approximate surface area is 139 Å². The lowest BCUT2D eigenvalue weighted by Gasteiger charge is -2.34. The molecule has 23 heavy (non-hydrogen) atoms. The Morgan fingerprint density at radius 1 is 1.30 bits per heavy atom. The number of carbonyl (C=O) groups is 1. The summed E-state index contributed by atoms with van der Waals surface area (Å²) in [4.78, 5) is 21.0. The first-order chi connectivity index (χ1) is 11.1. The topological polar surface area (TPSA) is 61.6 Å². The Bertz CT molecular complexity index is 479. The molecule has 0 atom stereocenters. The van der Waals surface area contributed by atoms with Gasteiger partial charge >= 0.3 is 0 Å². The molecule has 0 radical (unpaired) electrons. The molecule has 130 valence electrons. The Morgan fingerprint density at radius 3 is 2.65 bits per heavy atom. The summed E-state index contributed by atoms with van der Waals surface area (Å²) in [5, 5.41) is 2.81. The standard InChI is InChI=1S/C17H30N4O2/c1-4-6-18-17(22)15-13-23-16(19-15)12-21-10-8-20(9-11-21)7-5-14(2)3/h13-14H,4-12H2,1-3H3,(H,18,22). The van der Waals surface area contributed by atoms with Gasteiger partial charge in [-0.1, -0.05) is 20.8 Å². The third-order valence-electron chi connectivity index (χ3n) is 4.17. The van der Waals surface area contributed by atoms with Gasteiger partial charge in [0, 0.05) is 32.7 Å². The number of hydrogen-bond donors (Lipinski definition) is 1. The lowest BCUT2D eigenvalue weighted by atomic mass is 10.1. The van der Waals surface area contributed by atoms with Crippen molar-refractivity contribution in [2.45, 2.75) is 40.2 Å². The molecule has 0 unspecified atom stereocenters. The maximum Gasteiger partial charge on any atom is 0.273 e. The number of piperazine rings is 1. The summed E-state index contributed by atoms with van der Waals surface area (Å²) >= 11 is 0. The highest BCUT2D eigenvalue weighted by Gasteiger charge is 2.19. The number of oxazole rings is 1. The number of nitrogens with one attached hydrogen (secondary N) is 1. The molecule has 1 N–H and O–H groups in total. The second-order valence-corrected chi connectivity index (χ2v) is 6.68. The van der Waals surface area contributed by atoms with E-state index >= 15 is 0 Å². The Kier molecular flexibility index (Phi) is 7.05. The van der Waals surface area contributed by atoms with E-state index < -0.39 is 0 Å². The zero-order chi connectivity index (χ0) is 16.7. The lowest BCUT2D eigenvalue weighted by Crippen LogP contribution is -2.46. The van der Waals surface area contributed by atoms with Crippen LogP contribution < -0.4 is 5.32 Å². The minimum Gasteiger partial charge on any atom is -0.447 e. The first kappa shape index (κ1) is 17.9. The van der Waals surface area contributed by atoms with Crippen molar-refractivity contribution >= 4 is 5.91 Å². The van der Waals surface area contributed by atoms with E-state index in [0.29, 0.717) is 24.7 Å². The molecule has 1 aliphatic rings. The molecule has 6 heteroatoms. The van der Waals surface area contributed by atoms with Crippen LogP contribution in [-0.2, 0) is 6.54 Å². The van der Waals surface area contributed by atoms with Crippen molar-refractivity contribution in [1.82, 2.24) is 20.1 Å². The third-order valence-corrected chi connectivity index (χ3v) is 4.17. The van der Waals surface area contributed by atoms with E-state index in [-0.39, 0.29) is 5.91 Å². The van der Waals surface area contributed by atoms with Crippen LogP contribution in [0.3, 0.4) is 0 Å². The maximum absolute atomic E-state index is 11.8. The average Bonchev–Trinajstić information content (AvgIpc) is 3.00. The summed E-state index contributed by atoms with van der Waals surface area (Å²) in [6.45, 7) is 13.3. The maximum atomic E-state index is 11.8. The summed E-state index contributed by atoms with van der Waals surface area (Å²) in [5.41, 5.74) is 0.379. The number of carbonyl (C=O) groups excluding carboxylic acids is 1. The van der Waals surface area contributed by atoms with E-state index in [1.54, 1.807) is 0 Å². The van der Waals surface area contributed by atoms with Gasteiger partial charge < -0.3 is 14.6 Å². The molecule has 0 aromatic carbocycles. The number of aromatic nitrogens is 1. The molecule has 0 spiro atoms. The number of hydrogen-bond acceptors (Lipinski definition) is 5. The van der Waals surface area contributed by atoms with Gasteiger partial charge in [0.05, 0.1) is 6.54 Å². The third kappa shape index (κ3) is 5.95. The van der Waals surface area contributed by atoms with Crippen LogP contribution in [0.15, 0.2) is 10.7 Å². The Morgan fingerprint density at radius 2 is 2.00 bits per heavy atom. The van der Waals surface area contributed by atoms with Crippen molar-refractivity contribution in [3.8, 4) is 0 Å². The van der Waals surface area contributed by atoms with Gasteiger partial charge in [-0.2, -0.15) is 0 Å². The van der Waals surface area contributed by atoms with E-state index in [0.717, 1.165) is 38.5 Å². The van der Waals surface area contributed by atoms with Crippen LogP contribution in [-0.4, -0.2) is 60.0 Å². The average molecular weight is 322 g/mol. The molecule has 2 rings (SSSR count). The fraction of sp³-hybridized carbons (Fsp3) is 0.765. The molecule has 1 aliphatic heterocycles. The van der Waals surface area contributed by atoms with Crippen LogP contribution in [0.5, 0.6) is 0 Å². The van der Waals surface area contributed by atoms with Crippen molar-refractivity contribution in [3.05, 3.63) is 17.8 Å². The molecule has 1 aromatic rings. The molecule has 1 aromatic heterocycles. The molecular weight excluding hydrogens is 292 g/mol. The molecule has 0 aliphatic carbocycles. The van der Waals surface area contributed by atoms with Gasteiger partial charge in [0.2, 0.25) is 5.89 Å². The molecule has 0 saturated carbocycles. The summed E-state index contributed by atoms with van der Waals surface area (Å²) in [6, 6.07) is 0. The molecular formula is C17H30N4O2. The van der Waals surface area contributed by atoms with E-state index in [4.69, 9.17) is 4.42 Å². The zero-order valence-corrected chi connectivity index (χ0v) is 14.7. The fourth-order valence-electron chi connectivity index (χ4n) is 2.62. The van der Waals surface area contributed by atoms with Crippen LogP contribution >= 0.6 is 0 Å². The highest BCUT2D eigenvalue weighted by Crippen LogP contribution is 2.10. The number of rotatable bonds is 8. The van der Waals surface area contributed by atoms with E-state index in [9.17, 15) is 4.79 Å². The molecule has 6 nitrogen and oxygen atoms in total. The van der Waals surface area contributed by atoms with Crippen molar-refractivity contribution in [2.75, 3.05) is 39.3 Å². The van der Waals surface area contributed by atoms with Gasteiger partial charge in [-0.05, 0) is 25.3 Å². The van der Waals surface area contributed by atoms with Crippen molar-refractivity contribution < 1.29 is 9.21 Å². The van der Waals surface area contributed by atoms with E-state index in [2.05, 4.69) is 33.9 Å². The van der Waals surface area contributed by atoms with Crippen molar-refractivity contribution in [2.24, 2.45) is 5.92 Å². The van der Waals surface area contributed by atoms with Gasteiger partial charge in [-0.15, -0.1) is 0 Å². The monoisotopic (exact) mass is 322 g/mol. The van der Waals surface area contributed by atoms with E-state index in [1.165, 1.54) is 19.2 Å². The first-order valence-electron chi connectivity index (χ1n) is 8.75. The fourth-order valence-corrected chi connectivity index (χ4v) is 2.62. The number of nitrogens with zero attached hydrogens (tertiary/aromatic N) is 3. The molecule has 2 heterocycles. The van der Waals surface area contributed by atoms with Gasteiger partial charge in [0.25, 0.3) is 5.91 Å². The predicted octanol–water partition coefficient (Wildman–Crippen LogP) is 1.98. The minimum absolute atomic E-state index is 0.152. The lowest BCUT2D eigenvalue weighted by molar-refractivity contribution is 0.0948. The summed E-state index contributed by atoms with van der Waals surface area (Å²) in [7, 11) is 0. The van der Waals surface area contributed by atoms with Gasteiger partial charge in [-0.3, -0.25) is 9.69 Å². The molecule has 1 amide bonds. The smallest absolute Gasteiger partial charge is 0.273 e. The predicted molar refractivity (Wildman–Crippen MR) is 90.3 cm³/mol. The van der Waals surface area contributed by atoms with Crippen molar-refractivity contribution in [3.63, 3.8) is 0 Å². The first-order valence-corrected chi connectivity index (χ1v) is 8.75. The van der Waals surface area contributed by atoms with Crippen molar-refractivity contribution in [1.29, 1.82) is 0 Å². The van der Waals surface area contributed by atoms with Gasteiger partial charge in [0.15, 0.2) is 5.69 Å². The summed E-state index contributed by atoms with van der Waals surface area (Å²) in [5.74, 6) is 1.24. The second kappa shape index (κ2) is 9.03. The zero-order valence-electron chi connectivity index (χ0n) is 14.7. The highest BCUT2D eigenvalue weighted by molar-refractivity contribution is 5.91. The second-order valence-electron chi connectivity index (χ2n) is 6.68. The molecule has 1 saturated heterocycles. The Balaban J connectivity index is 1.74. The molecule has 0 bridgehead atoms. The quantitative estimate of drug-likeness (QED) is 0.793. The van der Waals surface area contributed by atoms with Crippen LogP contribution in [0.2, 0.25) is 0 Å². The van der Waals surface area contributed by atoms with E-state index in [1.807, 2.05) is 6.92 Å². The SMILES string of the molecule is CCCNC(=O)c1coc(CN2CCN(CCC(C)C)CC2)n1. The Hall–Kier alpha value is -1.40. The number of amides is 1. The van der Waals surface area contributed by atoms with Crippen LogP contribution in [0.1, 0.15) is 50.0 Å². The van der Waals surface area contributed by atoms with Gasteiger partial charge in [0.1, 0.15) is 6.26 Å². The molecule has 1 fully saturated rings.